The van der Waals surface area contributed by atoms with Gasteiger partial charge in [-0.3, -0.25) is 0 Å². The first-order valence-electron chi connectivity index (χ1n) is 4.91. The van der Waals surface area contributed by atoms with Gasteiger partial charge < -0.3 is 4.74 Å². The van der Waals surface area contributed by atoms with Crippen molar-refractivity contribution in [2.45, 2.75) is 32.3 Å². The Morgan fingerprint density at radius 1 is 1.21 bits per heavy atom. The van der Waals surface area contributed by atoms with Gasteiger partial charge in [0.1, 0.15) is 11.8 Å². The van der Waals surface area contributed by atoms with Crippen LogP contribution in [-0.4, -0.2) is 5.60 Å². The maximum Gasteiger partial charge on any atom is 0.193 e. The lowest BCUT2D eigenvalue weighted by Crippen LogP contribution is -2.32. The molecule has 0 aliphatic carbocycles. The van der Waals surface area contributed by atoms with Gasteiger partial charge in [0.15, 0.2) is 5.60 Å². The second-order valence-corrected chi connectivity index (χ2v) is 3.23. The SMILES string of the molecule is CCC(C#N)(CC)Oc1ccccc1. The normalized spacial score (nSPS) is 10.6. The second-order valence-electron chi connectivity index (χ2n) is 3.23. The summed E-state index contributed by atoms with van der Waals surface area (Å²) >= 11 is 0. The van der Waals surface area contributed by atoms with Gasteiger partial charge in [-0.25, -0.2) is 0 Å². The highest BCUT2D eigenvalue weighted by molar-refractivity contribution is 5.23. The summed E-state index contributed by atoms with van der Waals surface area (Å²) in [5.41, 5.74) is -0.665. The summed E-state index contributed by atoms with van der Waals surface area (Å²) < 4.78 is 5.69. The van der Waals surface area contributed by atoms with Gasteiger partial charge in [-0.1, -0.05) is 32.0 Å². The molecule has 1 rings (SSSR count). The average molecular weight is 189 g/mol. The molecule has 0 atom stereocenters. The molecule has 2 heteroatoms. The third-order valence-corrected chi connectivity index (χ3v) is 2.40. The van der Waals surface area contributed by atoms with Crippen molar-refractivity contribution >= 4 is 0 Å². The van der Waals surface area contributed by atoms with Gasteiger partial charge in [0.25, 0.3) is 0 Å². The lowest BCUT2D eigenvalue weighted by Gasteiger charge is -2.24. The molecule has 0 saturated heterocycles. The Morgan fingerprint density at radius 2 is 1.79 bits per heavy atom. The molecule has 0 N–H and O–H groups in total. The predicted octanol–water partition coefficient (Wildman–Crippen LogP) is 3.15. The summed E-state index contributed by atoms with van der Waals surface area (Å²) in [4.78, 5) is 0. The Bertz CT molecular complexity index is 309. The van der Waals surface area contributed by atoms with E-state index < -0.39 is 5.60 Å². The van der Waals surface area contributed by atoms with E-state index >= 15 is 0 Å². The summed E-state index contributed by atoms with van der Waals surface area (Å²) in [5.74, 6) is 0.762. The molecule has 0 bridgehead atoms. The van der Waals surface area contributed by atoms with Crippen LogP contribution in [0.4, 0.5) is 0 Å². The van der Waals surface area contributed by atoms with Gasteiger partial charge >= 0.3 is 0 Å². The van der Waals surface area contributed by atoms with Crippen LogP contribution in [0.5, 0.6) is 5.75 Å². The van der Waals surface area contributed by atoms with E-state index in [2.05, 4.69) is 6.07 Å². The maximum absolute atomic E-state index is 9.06. The van der Waals surface area contributed by atoms with Crippen molar-refractivity contribution in [3.05, 3.63) is 30.3 Å². The van der Waals surface area contributed by atoms with Crippen LogP contribution in [0, 0.1) is 11.3 Å². The lowest BCUT2D eigenvalue weighted by molar-refractivity contribution is 0.119. The van der Waals surface area contributed by atoms with Crippen molar-refractivity contribution in [1.29, 1.82) is 5.26 Å². The van der Waals surface area contributed by atoms with Crippen LogP contribution in [-0.2, 0) is 0 Å². The van der Waals surface area contributed by atoms with E-state index in [9.17, 15) is 0 Å². The molecule has 0 unspecified atom stereocenters. The zero-order chi connectivity index (χ0) is 10.4. The Morgan fingerprint density at radius 3 is 2.21 bits per heavy atom. The highest BCUT2D eigenvalue weighted by atomic mass is 16.5. The van der Waals surface area contributed by atoms with Gasteiger partial charge in [0, 0.05) is 0 Å². The van der Waals surface area contributed by atoms with Crippen molar-refractivity contribution in [3.63, 3.8) is 0 Å². The highest BCUT2D eigenvalue weighted by Gasteiger charge is 2.27. The molecule has 0 spiro atoms. The quantitative estimate of drug-likeness (QED) is 0.729. The minimum absolute atomic E-state index is 0.665. The molecule has 1 aromatic rings. The van der Waals surface area contributed by atoms with Crippen LogP contribution in [0.15, 0.2) is 30.3 Å². The van der Waals surface area contributed by atoms with Gasteiger partial charge in [-0.15, -0.1) is 0 Å². The Hall–Kier alpha value is -1.49. The highest BCUT2D eigenvalue weighted by Crippen LogP contribution is 2.23. The largest absolute Gasteiger partial charge is 0.472 e. The first-order chi connectivity index (χ1) is 6.76. The number of nitriles is 1. The Kier molecular flexibility index (Phi) is 3.53. The molecular weight excluding hydrogens is 174 g/mol. The number of hydrogen-bond acceptors (Lipinski definition) is 2. The van der Waals surface area contributed by atoms with E-state index in [1.54, 1.807) is 0 Å². The molecule has 0 amide bonds. The van der Waals surface area contributed by atoms with Crippen LogP contribution in [0.25, 0.3) is 0 Å². The molecule has 0 aromatic heterocycles. The molecule has 0 saturated carbocycles. The maximum atomic E-state index is 9.06. The zero-order valence-corrected chi connectivity index (χ0v) is 8.66. The molecule has 0 aliphatic heterocycles. The van der Waals surface area contributed by atoms with Gasteiger partial charge in [0.05, 0.1) is 0 Å². The summed E-state index contributed by atoms with van der Waals surface area (Å²) in [5, 5.41) is 9.06. The average Bonchev–Trinajstić information content (AvgIpc) is 2.28. The summed E-state index contributed by atoms with van der Waals surface area (Å²) in [6.45, 7) is 3.94. The molecule has 0 heterocycles. The van der Waals surface area contributed by atoms with Crippen molar-refractivity contribution in [1.82, 2.24) is 0 Å². The number of nitrogens with zero attached hydrogens (tertiary/aromatic N) is 1. The van der Waals surface area contributed by atoms with Crippen LogP contribution in [0.2, 0.25) is 0 Å². The number of hydrogen-bond donors (Lipinski definition) is 0. The summed E-state index contributed by atoms with van der Waals surface area (Å²) in [6.07, 6.45) is 1.41. The third kappa shape index (κ3) is 2.26. The first-order valence-corrected chi connectivity index (χ1v) is 4.91. The lowest BCUT2D eigenvalue weighted by atomic mass is 9.99. The fourth-order valence-corrected chi connectivity index (χ4v) is 1.29. The van der Waals surface area contributed by atoms with E-state index in [0.29, 0.717) is 12.8 Å². The summed E-state index contributed by atoms with van der Waals surface area (Å²) in [6, 6.07) is 11.7. The van der Waals surface area contributed by atoms with Crippen LogP contribution >= 0.6 is 0 Å². The number of ether oxygens (including phenoxy) is 1. The number of benzene rings is 1. The molecule has 0 radical (unpaired) electrons. The molecule has 0 fully saturated rings. The monoisotopic (exact) mass is 189 g/mol. The molecule has 2 nitrogen and oxygen atoms in total. The standard InChI is InChI=1S/C12H15NO/c1-3-12(4-2,10-13)14-11-8-6-5-7-9-11/h5-9H,3-4H2,1-2H3. The van der Waals surface area contributed by atoms with E-state index in [1.807, 2.05) is 44.2 Å². The van der Waals surface area contributed by atoms with Crippen molar-refractivity contribution in [2.75, 3.05) is 0 Å². The van der Waals surface area contributed by atoms with Gasteiger partial charge in [-0.05, 0) is 25.0 Å². The molecular formula is C12H15NO. The van der Waals surface area contributed by atoms with Crippen LogP contribution in [0.1, 0.15) is 26.7 Å². The van der Waals surface area contributed by atoms with Crippen LogP contribution in [0.3, 0.4) is 0 Å². The van der Waals surface area contributed by atoms with E-state index in [0.717, 1.165) is 5.75 Å². The summed E-state index contributed by atoms with van der Waals surface area (Å²) in [7, 11) is 0. The van der Waals surface area contributed by atoms with Gasteiger partial charge in [0.2, 0.25) is 0 Å². The third-order valence-electron chi connectivity index (χ3n) is 2.40. The molecule has 14 heavy (non-hydrogen) atoms. The Labute approximate surface area is 85.1 Å². The Balaban J connectivity index is 2.81. The minimum Gasteiger partial charge on any atom is -0.472 e. The number of rotatable bonds is 4. The van der Waals surface area contributed by atoms with Gasteiger partial charge in [-0.2, -0.15) is 5.26 Å². The molecule has 1 aromatic carbocycles. The fourth-order valence-electron chi connectivity index (χ4n) is 1.29. The van der Waals surface area contributed by atoms with Crippen molar-refractivity contribution < 1.29 is 4.74 Å². The molecule has 74 valence electrons. The predicted molar refractivity (Wildman–Crippen MR) is 56.0 cm³/mol. The second kappa shape index (κ2) is 4.66. The van der Waals surface area contributed by atoms with Crippen molar-refractivity contribution in [3.8, 4) is 11.8 Å². The topological polar surface area (TPSA) is 33.0 Å². The number of para-hydroxylation sites is 1. The zero-order valence-electron chi connectivity index (χ0n) is 8.66. The minimum atomic E-state index is -0.665. The van der Waals surface area contributed by atoms with E-state index in [4.69, 9.17) is 10.00 Å². The van der Waals surface area contributed by atoms with E-state index in [-0.39, 0.29) is 0 Å². The molecule has 0 aliphatic rings. The van der Waals surface area contributed by atoms with Crippen molar-refractivity contribution in [2.24, 2.45) is 0 Å². The van der Waals surface area contributed by atoms with E-state index in [1.165, 1.54) is 0 Å². The first kappa shape index (κ1) is 10.6. The van der Waals surface area contributed by atoms with Crippen LogP contribution < -0.4 is 4.74 Å². The smallest absolute Gasteiger partial charge is 0.193 e. The fraction of sp³-hybridized carbons (Fsp3) is 0.417.